The minimum Gasteiger partial charge on any atom is -0.338 e. The lowest BCUT2D eigenvalue weighted by Crippen LogP contribution is -2.06. The van der Waals surface area contributed by atoms with Crippen LogP contribution < -0.4 is 0 Å². The lowest BCUT2D eigenvalue weighted by Gasteiger charge is -2.13. The summed E-state index contributed by atoms with van der Waals surface area (Å²) in [6.07, 6.45) is -4.32. The van der Waals surface area contributed by atoms with Gasteiger partial charge in [-0.2, -0.15) is 13.2 Å². The second-order valence-corrected chi connectivity index (χ2v) is 5.71. The average molecular weight is 291 g/mol. The third-order valence-electron chi connectivity index (χ3n) is 3.80. The lowest BCUT2D eigenvalue weighted by atomic mass is 10.1. The van der Waals surface area contributed by atoms with Crippen LogP contribution in [0.2, 0.25) is 0 Å². The number of nitrogens with zero attached hydrogens (tertiary/aromatic N) is 1. The fourth-order valence-electron chi connectivity index (χ4n) is 2.89. The molecule has 0 saturated heterocycles. The number of benzene rings is 2. The van der Waals surface area contributed by atoms with Crippen molar-refractivity contribution in [3.8, 4) is 0 Å². The molecule has 1 heterocycles. The highest BCUT2D eigenvalue weighted by atomic mass is 19.4. The van der Waals surface area contributed by atoms with Crippen LogP contribution in [0.1, 0.15) is 31.0 Å². The van der Waals surface area contributed by atoms with Crippen molar-refractivity contribution in [2.45, 2.75) is 33.0 Å². The molecule has 3 aromatic rings. The molecular weight excluding hydrogens is 275 g/mol. The van der Waals surface area contributed by atoms with Crippen molar-refractivity contribution in [2.24, 2.45) is 0 Å². The predicted octanol–water partition coefficient (Wildman–Crippen LogP) is 5.70. The van der Waals surface area contributed by atoms with Gasteiger partial charge in [-0.25, -0.2) is 0 Å². The zero-order chi connectivity index (χ0) is 15.4. The molecule has 4 heteroatoms. The molecule has 1 aromatic heterocycles. The molecule has 0 bridgehead atoms. The van der Waals surface area contributed by atoms with Crippen molar-refractivity contribution < 1.29 is 13.2 Å². The Bertz CT molecular complexity index is 825. The molecule has 2 aromatic carbocycles. The molecule has 0 atom stereocenters. The first-order valence-corrected chi connectivity index (χ1v) is 6.90. The van der Waals surface area contributed by atoms with Crippen LogP contribution in [-0.2, 0) is 6.18 Å². The van der Waals surface area contributed by atoms with Crippen LogP contribution in [0.15, 0.2) is 36.4 Å². The first-order chi connectivity index (χ1) is 9.79. The highest BCUT2D eigenvalue weighted by Gasteiger charge is 2.31. The Morgan fingerprint density at radius 3 is 2.05 bits per heavy atom. The number of rotatable bonds is 1. The van der Waals surface area contributed by atoms with Crippen LogP contribution in [0.5, 0.6) is 0 Å². The summed E-state index contributed by atoms with van der Waals surface area (Å²) in [5.41, 5.74) is 2.12. The molecule has 0 aliphatic heterocycles. The molecule has 0 aliphatic rings. The molecule has 110 valence electrons. The van der Waals surface area contributed by atoms with Crippen molar-refractivity contribution in [3.05, 3.63) is 47.5 Å². The molecule has 0 spiro atoms. The van der Waals surface area contributed by atoms with Crippen LogP contribution in [0.4, 0.5) is 13.2 Å². The van der Waals surface area contributed by atoms with Crippen molar-refractivity contribution in [3.63, 3.8) is 0 Å². The number of hydrogen-bond acceptors (Lipinski definition) is 0. The van der Waals surface area contributed by atoms with Crippen LogP contribution in [-0.4, -0.2) is 4.57 Å². The van der Waals surface area contributed by atoms with Crippen LogP contribution >= 0.6 is 0 Å². The SMILES string of the molecule is Cc1ccc2c3ccc(C(F)(F)F)cc3n(C(C)C)c2c1. The Kier molecular flexibility index (Phi) is 3.01. The third-order valence-corrected chi connectivity index (χ3v) is 3.80. The highest BCUT2D eigenvalue weighted by molar-refractivity contribution is 6.08. The van der Waals surface area contributed by atoms with Crippen LogP contribution in [0, 0.1) is 6.92 Å². The Morgan fingerprint density at radius 2 is 1.48 bits per heavy atom. The fraction of sp³-hybridized carbons (Fsp3) is 0.294. The van der Waals surface area contributed by atoms with Gasteiger partial charge in [-0.1, -0.05) is 18.2 Å². The van der Waals surface area contributed by atoms with E-state index in [1.807, 2.05) is 43.5 Å². The smallest absolute Gasteiger partial charge is 0.338 e. The van der Waals surface area contributed by atoms with Crippen molar-refractivity contribution >= 4 is 21.8 Å². The average Bonchev–Trinajstić information content (AvgIpc) is 2.69. The van der Waals surface area contributed by atoms with E-state index in [0.717, 1.165) is 27.9 Å². The van der Waals surface area contributed by atoms with E-state index in [1.54, 1.807) is 6.07 Å². The summed E-state index contributed by atoms with van der Waals surface area (Å²) in [5.74, 6) is 0. The predicted molar refractivity (Wildman–Crippen MR) is 79.6 cm³/mol. The molecular formula is C17H16F3N. The Labute approximate surface area is 121 Å². The van der Waals surface area contributed by atoms with E-state index < -0.39 is 11.7 Å². The van der Waals surface area contributed by atoms with E-state index in [1.165, 1.54) is 6.07 Å². The van der Waals surface area contributed by atoms with Crippen LogP contribution in [0.3, 0.4) is 0 Å². The van der Waals surface area contributed by atoms with Gasteiger partial charge in [-0.15, -0.1) is 0 Å². The molecule has 0 amide bonds. The second-order valence-electron chi connectivity index (χ2n) is 5.71. The molecule has 0 fully saturated rings. The van der Waals surface area contributed by atoms with Gasteiger partial charge in [0.2, 0.25) is 0 Å². The first kappa shape index (κ1) is 14.0. The van der Waals surface area contributed by atoms with E-state index in [2.05, 4.69) is 0 Å². The molecule has 0 unspecified atom stereocenters. The number of fused-ring (bicyclic) bond motifs is 3. The standard InChI is InChI=1S/C17H16F3N/c1-10(2)21-15-8-11(3)4-6-13(15)14-7-5-12(9-16(14)21)17(18,19)20/h4-10H,1-3H3. The van der Waals surface area contributed by atoms with E-state index >= 15 is 0 Å². The van der Waals surface area contributed by atoms with Crippen LogP contribution in [0.25, 0.3) is 21.8 Å². The van der Waals surface area contributed by atoms with Gasteiger partial charge < -0.3 is 4.57 Å². The molecule has 1 nitrogen and oxygen atoms in total. The number of aromatic nitrogens is 1. The highest BCUT2D eigenvalue weighted by Crippen LogP contribution is 2.37. The molecule has 0 radical (unpaired) electrons. The molecule has 21 heavy (non-hydrogen) atoms. The molecule has 0 N–H and O–H groups in total. The van der Waals surface area contributed by atoms with Gasteiger partial charge in [0.15, 0.2) is 0 Å². The van der Waals surface area contributed by atoms with Gasteiger partial charge in [-0.05, 0) is 44.5 Å². The minimum atomic E-state index is -4.32. The van der Waals surface area contributed by atoms with Gasteiger partial charge in [0.05, 0.1) is 5.56 Å². The van der Waals surface area contributed by atoms with Gasteiger partial charge in [0.1, 0.15) is 0 Å². The summed E-state index contributed by atoms with van der Waals surface area (Å²) in [6, 6.07) is 10.1. The van der Waals surface area contributed by atoms with Crippen molar-refractivity contribution in [1.82, 2.24) is 4.57 Å². The van der Waals surface area contributed by atoms with Gasteiger partial charge >= 0.3 is 6.18 Å². The maximum absolute atomic E-state index is 13.0. The largest absolute Gasteiger partial charge is 0.416 e. The van der Waals surface area contributed by atoms with E-state index in [-0.39, 0.29) is 6.04 Å². The van der Waals surface area contributed by atoms with E-state index in [9.17, 15) is 13.2 Å². The number of halogens is 3. The Hall–Kier alpha value is -1.97. The topological polar surface area (TPSA) is 4.93 Å². The molecule has 0 aliphatic carbocycles. The van der Waals surface area contributed by atoms with E-state index in [0.29, 0.717) is 5.52 Å². The van der Waals surface area contributed by atoms with Gasteiger partial charge in [-0.3, -0.25) is 0 Å². The van der Waals surface area contributed by atoms with Gasteiger partial charge in [0, 0.05) is 27.8 Å². The normalized spacial score (nSPS) is 12.7. The third kappa shape index (κ3) is 2.19. The summed E-state index contributed by atoms with van der Waals surface area (Å²) in [7, 11) is 0. The quantitative estimate of drug-likeness (QED) is 0.541. The van der Waals surface area contributed by atoms with Crippen molar-refractivity contribution in [2.75, 3.05) is 0 Å². The zero-order valence-corrected chi connectivity index (χ0v) is 12.1. The second kappa shape index (κ2) is 4.52. The maximum Gasteiger partial charge on any atom is 0.416 e. The number of alkyl halides is 3. The minimum absolute atomic E-state index is 0.0929. The Balaban J connectivity index is 2.46. The van der Waals surface area contributed by atoms with Gasteiger partial charge in [0.25, 0.3) is 0 Å². The zero-order valence-electron chi connectivity index (χ0n) is 12.1. The summed E-state index contributed by atoms with van der Waals surface area (Å²) < 4.78 is 40.9. The lowest BCUT2D eigenvalue weighted by molar-refractivity contribution is -0.137. The first-order valence-electron chi connectivity index (χ1n) is 6.90. The maximum atomic E-state index is 13.0. The monoisotopic (exact) mass is 291 g/mol. The molecule has 0 saturated carbocycles. The number of hydrogen-bond donors (Lipinski definition) is 0. The molecule has 3 rings (SSSR count). The summed E-state index contributed by atoms with van der Waals surface area (Å²) in [4.78, 5) is 0. The Morgan fingerprint density at radius 1 is 0.905 bits per heavy atom. The number of aryl methyl sites for hydroxylation is 1. The van der Waals surface area contributed by atoms with E-state index in [4.69, 9.17) is 0 Å². The fourth-order valence-corrected chi connectivity index (χ4v) is 2.89. The summed E-state index contributed by atoms with van der Waals surface area (Å²) in [5, 5.41) is 1.87. The van der Waals surface area contributed by atoms with Crippen molar-refractivity contribution in [1.29, 1.82) is 0 Å². The summed E-state index contributed by atoms with van der Waals surface area (Å²) >= 11 is 0. The summed E-state index contributed by atoms with van der Waals surface area (Å²) in [6.45, 7) is 5.96.